The first-order chi connectivity index (χ1) is 22.5. The summed E-state index contributed by atoms with van der Waals surface area (Å²) in [6, 6.07) is 53.7. The van der Waals surface area contributed by atoms with E-state index in [9.17, 15) is 0 Å². The Kier molecular flexibility index (Phi) is 10.0. The molecule has 0 fully saturated rings. The predicted octanol–water partition coefficient (Wildman–Crippen LogP) is 7.45. The first-order valence-electron chi connectivity index (χ1n) is 15.1. The molecule has 0 N–H and O–H groups in total. The van der Waals surface area contributed by atoms with Crippen molar-refractivity contribution in [3.63, 3.8) is 0 Å². The highest BCUT2D eigenvalue weighted by atomic mass is 31.2. The quantitative estimate of drug-likeness (QED) is 0.128. The number of hydrogen-bond donors (Lipinski definition) is 0. The van der Waals surface area contributed by atoms with E-state index in [1.165, 1.54) is 0 Å². The molecule has 0 amide bonds. The Bertz CT molecular complexity index is 1740. The van der Waals surface area contributed by atoms with E-state index in [0.717, 1.165) is 21.2 Å². The van der Waals surface area contributed by atoms with Crippen LogP contribution in [-0.2, 0) is 9.13 Å². The highest BCUT2D eigenvalue weighted by Gasteiger charge is 2.34. The lowest BCUT2D eigenvalue weighted by Gasteiger charge is -2.24. The van der Waals surface area contributed by atoms with Crippen LogP contribution in [0.15, 0.2) is 170 Å². The average Bonchev–Trinajstić information content (AvgIpc) is 3.14. The van der Waals surface area contributed by atoms with Crippen LogP contribution in [0.25, 0.3) is 0 Å². The zero-order chi connectivity index (χ0) is 31.8. The summed E-state index contributed by atoms with van der Waals surface area (Å²) < 4.78 is 42.9. The van der Waals surface area contributed by atoms with Crippen molar-refractivity contribution in [2.75, 3.05) is 19.4 Å². The van der Waals surface area contributed by atoms with Gasteiger partial charge in [-0.15, -0.1) is 0 Å². The normalized spacial score (nSPS) is 11.7. The lowest BCUT2D eigenvalue weighted by molar-refractivity contribution is 0.367. The minimum atomic E-state index is -3.20. The van der Waals surface area contributed by atoms with Crippen LogP contribution in [0.3, 0.4) is 0 Å². The molecule has 4 nitrogen and oxygen atoms in total. The molecule has 6 aromatic carbocycles. The summed E-state index contributed by atoms with van der Waals surface area (Å²) in [6.07, 6.45) is 0.820. The summed E-state index contributed by atoms with van der Waals surface area (Å²) in [5.74, 6) is 1.21. The summed E-state index contributed by atoms with van der Waals surface area (Å²) in [7, 11) is -7.17. The van der Waals surface area contributed by atoms with Gasteiger partial charge in [0.15, 0.2) is 14.3 Å². The number of benzene rings is 6. The Morgan fingerprint density at radius 1 is 0.413 bits per heavy atom. The molecule has 6 rings (SSSR count). The number of para-hydroxylation sites is 2. The second-order valence-electron chi connectivity index (χ2n) is 10.9. The molecule has 0 unspecified atom stereocenters. The minimum Gasteiger partial charge on any atom is -0.488 e. The summed E-state index contributed by atoms with van der Waals surface area (Å²) in [6.45, 7) is 2.11. The molecule has 0 bridgehead atoms. The molecule has 46 heavy (non-hydrogen) atoms. The Morgan fingerprint density at radius 2 is 0.674 bits per heavy atom. The fourth-order valence-corrected chi connectivity index (χ4v) is 11.8. The van der Waals surface area contributed by atoms with Crippen molar-refractivity contribution in [3.05, 3.63) is 170 Å². The third-order valence-electron chi connectivity index (χ3n) is 7.77. The monoisotopic (exact) mass is 660 g/mol. The van der Waals surface area contributed by atoms with Crippen LogP contribution in [0.4, 0.5) is 0 Å². The third kappa shape index (κ3) is 6.53. The SMILES string of the molecule is CP(COc1ccccc1P(=O)(c1ccccc1)c1ccccc1)COc1ccccc1P(=O)(c1ccccc1)c1ccccc1. The molecular weight excluding hydrogens is 625 g/mol. The van der Waals surface area contributed by atoms with Crippen LogP contribution in [0.1, 0.15) is 0 Å². The van der Waals surface area contributed by atoms with Crippen molar-refractivity contribution in [3.8, 4) is 11.5 Å². The zero-order valence-corrected chi connectivity index (χ0v) is 28.2. The lowest BCUT2D eigenvalue weighted by Crippen LogP contribution is -2.26. The molecule has 0 heterocycles. The maximum Gasteiger partial charge on any atom is 0.174 e. The summed E-state index contributed by atoms with van der Waals surface area (Å²) in [4.78, 5) is 0. The van der Waals surface area contributed by atoms with E-state index in [4.69, 9.17) is 9.47 Å². The van der Waals surface area contributed by atoms with Gasteiger partial charge in [0.25, 0.3) is 0 Å². The van der Waals surface area contributed by atoms with Gasteiger partial charge in [0, 0.05) is 21.2 Å². The van der Waals surface area contributed by atoms with Gasteiger partial charge in [0.1, 0.15) is 24.2 Å². The molecule has 230 valence electrons. The van der Waals surface area contributed by atoms with Gasteiger partial charge >= 0.3 is 0 Å². The van der Waals surface area contributed by atoms with Crippen LogP contribution in [0.2, 0.25) is 0 Å². The molecule has 7 heteroatoms. The van der Waals surface area contributed by atoms with Crippen LogP contribution in [-0.4, -0.2) is 19.4 Å². The first kappa shape index (κ1) is 31.8. The van der Waals surface area contributed by atoms with Crippen LogP contribution in [0, 0.1) is 0 Å². The summed E-state index contributed by atoms with van der Waals surface area (Å²) >= 11 is 0. The second-order valence-corrected chi connectivity index (χ2v) is 18.6. The molecule has 0 spiro atoms. The Labute approximate surface area is 272 Å². The first-order valence-corrected chi connectivity index (χ1v) is 20.6. The summed E-state index contributed by atoms with van der Waals surface area (Å²) in [5.41, 5.74) is 0. The molecule has 0 saturated heterocycles. The number of ether oxygens (including phenoxy) is 2. The van der Waals surface area contributed by atoms with Crippen molar-refractivity contribution in [1.29, 1.82) is 0 Å². The van der Waals surface area contributed by atoms with Gasteiger partial charge in [-0.25, -0.2) is 0 Å². The Hall–Kier alpha value is -4.19. The van der Waals surface area contributed by atoms with E-state index in [1.807, 2.05) is 170 Å². The van der Waals surface area contributed by atoms with Gasteiger partial charge in [-0.1, -0.05) is 146 Å². The average molecular weight is 661 g/mol. The number of rotatable bonds is 12. The zero-order valence-electron chi connectivity index (χ0n) is 25.6. The molecule has 0 aliphatic rings. The minimum absolute atomic E-state index is 0.410. The molecule has 0 saturated carbocycles. The molecule has 0 atom stereocenters. The summed E-state index contributed by atoms with van der Waals surface area (Å²) in [5, 5.41) is 4.39. The van der Waals surface area contributed by atoms with Crippen molar-refractivity contribution in [2.45, 2.75) is 0 Å². The van der Waals surface area contributed by atoms with Crippen molar-refractivity contribution in [2.24, 2.45) is 0 Å². The maximum atomic E-state index is 15.0. The van der Waals surface area contributed by atoms with Crippen LogP contribution < -0.4 is 41.3 Å². The topological polar surface area (TPSA) is 52.6 Å². The maximum absolute atomic E-state index is 15.0. The molecule has 0 aliphatic carbocycles. The fraction of sp³-hybridized carbons (Fsp3) is 0.0769. The second kappa shape index (κ2) is 14.5. The molecule has 6 aromatic rings. The van der Waals surface area contributed by atoms with E-state index in [0.29, 0.717) is 34.8 Å². The third-order valence-corrected chi connectivity index (χ3v) is 15.1. The van der Waals surface area contributed by atoms with E-state index < -0.39 is 22.2 Å². The van der Waals surface area contributed by atoms with Crippen molar-refractivity contribution in [1.82, 2.24) is 0 Å². The van der Waals surface area contributed by atoms with Gasteiger partial charge in [-0.2, -0.15) is 0 Å². The smallest absolute Gasteiger partial charge is 0.174 e. The van der Waals surface area contributed by atoms with Gasteiger partial charge in [0.2, 0.25) is 0 Å². The fourth-order valence-electron chi connectivity index (χ4n) is 5.48. The van der Waals surface area contributed by atoms with Gasteiger partial charge in [-0.05, 0) is 38.9 Å². The lowest BCUT2D eigenvalue weighted by atomic mass is 10.3. The van der Waals surface area contributed by atoms with Crippen molar-refractivity contribution < 1.29 is 18.6 Å². The molecule has 0 radical (unpaired) electrons. The molecular formula is C39H35O4P3. The van der Waals surface area contributed by atoms with Gasteiger partial charge in [0.05, 0.1) is 10.6 Å². The van der Waals surface area contributed by atoms with Crippen LogP contribution in [0.5, 0.6) is 11.5 Å². The predicted molar refractivity (Wildman–Crippen MR) is 196 cm³/mol. The highest BCUT2D eigenvalue weighted by Crippen LogP contribution is 2.47. The van der Waals surface area contributed by atoms with E-state index in [2.05, 4.69) is 6.66 Å². The van der Waals surface area contributed by atoms with E-state index in [1.54, 1.807) is 0 Å². The number of hydrogen-bond acceptors (Lipinski definition) is 4. The standard InChI is InChI=1S/C39H35O4P3/c1-44(30-42-36-26-14-16-28-38(36)45(40,32-18-6-2-7-19-32)33-20-8-3-9-21-33)31-43-37-27-15-17-29-39(37)46(41,34-22-10-4-11-23-34)35-24-12-5-13-25-35/h2-29H,30-31H2,1H3. The Balaban J connectivity index is 1.24. The van der Waals surface area contributed by atoms with Gasteiger partial charge in [-0.3, -0.25) is 0 Å². The largest absolute Gasteiger partial charge is 0.488 e. The Morgan fingerprint density at radius 3 is 0.978 bits per heavy atom. The van der Waals surface area contributed by atoms with E-state index >= 15 is 9.13 Å². The highest BCUT2D eigenvalue weighted by molar-refractivity contribution is 7.86. The van der Waals surface area contributed by atoms with Crippen molar-refractivity contribution >= 4 is 54.0 Å². The van der Waals surface area contributed by atoms with Gasteiger partial charge < -0.3 is 18.6 Å². The molecule has 0 aromatic heterocycles. The van der Waals surface area contributed by atoms with Crippen LogP contribution >= 0.6 is 22.2 Å². The molecule has 0 aliphatic heterocycles. The van der Waals surface area contributed by atoms with E-state index in [-0.39, 0.29) is 0 Å².